The summed E-state index contributed by atoms with van der Waals surface area (Å²) < 4.78 is 40.0. The van der Waals surface area contributed by atoms with E-state index in [2.05, 4.69) is 24.9 Å². The molecule has 0 amide bonds. The van der Waals surface area contributed by atoms with E-state index >= 15 is 0 Å². The van der Waals surface area contributed by atoms with Gasteiger partial charge in [-0.1, -0.05) is 0 Å². The van der Waals surface area contributed by atoms with Crippen molar-refractivity contribution in [3.63, 3.8) is 0 Å². The van der Waals surface area contributed by atoms with Crippen molar-refractivity contribution in [2.45, 2.75) is 37.9 Å². The van der Waals surface area contributed by atoms with Crippen LogP contribution in [0.25, 0.3) is 0 Å². The summed E-state index contributed by atoms with van der Waals surface area (Å²) in [6.45, 7) is 3.17. The monoisotopic (exact) mass is 410 g/mol. The van der Waals surface area contributed by atoms with Crippen molar-refractivity contribution in [3.8, 4) is 0 Å². The van der Waals surface area contributed by atoms with Gasteiger partial charge in [0.2, 0.25) is 0 Å². The third-order valence-corrected chi connectivity index (χ3v) is 5.73. The molecule has 2 fully saturated rings. The predicted molar refractivity (Wildman–Crippen MR) is 102 cm³/mol. The van der Waals surface area contributed by atoms with E-state index < -0.39 is 11.9 Å². The highest BCUT2D eigenvalue weighted by molar-refractivity contribution is 5.50. The van der Waals surface area contributed by atoms with E-state index in [4.69, 9.17) is 0 Å². The minimum absolute atomic E-state index is 0.132. The summed E-state index contributed by atoms with van der Waals surface area (Å²) >= 11 is 0. The minimum Gasteiger partial charge on any atom is -0.396 e. The molecule has 0 bridgehead atoms. The molecule has 4 heterocycles. The minimum atomic E-state index is -4.43. The van der Waals surface area contributed by atoms with E-state index in [1.54, 1.807) is 0 Å². The first-order valence-electron chi connectivity index (χ1n) is 9.99. The highest BCUT2D eigenvalue weighted by Gasteiger charge is 2.34. The third kappa shape index (κ3) is 4.47. The van der Waals surface area contributed by atoms with E-state index in [0.717, 1.165) is 63.0 Å². The van der Waals surface area contributed by atoms with Gasteiger partial charge >= 0.3 is 6.18 Å². The van der Waals surface area contributed by atoms with Crippen LogP contribution in [0.2, 0.25) is 0 Å². The number of anilines is 2. The van der Waals surface area contributed by atoms with Gasteiger partial charge in [0.05, 0.1) is 6.04 Å². The van der Waals surface area contributed by atoms with Crippen LogP contribution in [-0.2, 0) is 6.18 Å². The van der Waals surface area contributed by atoms with Crippen molar-refractivity contribution in [2.24, 2.45) is 5.92 Å². The number of hydrogen-bond donors (Lipinski definition) is 1. The summed E-state index contributed by atoms with van der Waals surface area (Å²) in [6, 6.07) is 2.83. The lowest BCUT2D eigenvalue weighted by Crippen LogP contribution is -2.39. The molecule has 7 nitrogen and oxygen atoms in total. The summed E-state index contributed by atoms with van der Waals surface area (Å²) in [5.74, 6) is 1.85. The van der Waals surface area contributed by atoms with Crippen molar-refractivity contribution in [2.75, 3.05) is 42.6 Å². The molecular formula is C19H25F3N6O. The van der Waals surface area contributed by atoms with Crippen LogP contribution < -0.4 is 9.80 Å². The highest BCUT2D eigenvalue weighted by atomic mass is 19.4. The van der Waals surface area contributed by atoms with Crippen LogP contribution in [0.5, 0.6) is 0 Å². The van der Waals surface area contributed by atoms with Gasteiger partial charge in [-0.05, 0) is 37.7 Å². The lowest BCUT2D eigenvalue weighted by Gasteiger charge is -2.35. The van der Waals surface area contributed by atoms with Crippen LogP contribution in [0.15, 0.2) is 24.7 Å². The van der Waals surface area contributed by atoms with Crippen LogP contribution in [0, 0.1) is 5.92 Å². The number of halogens is 3. The van der Waals surface area contributed by atoms with Crippen LogP contribution in [0.4, 0.5) is 24.8 Å². The van der Waals surface area contributed by atoms with Gasteiger partial charge in [-0.15, -0.1) is 0 Å². The molecule has 10 heteroatoms. The Hall–Kier alpha value is -2.36. The Labute approximate surface area is 167 Å². The zero-order valence-corrected chi connectivity index (χ0v) is 16.1. The molecule has 2 atom stereocenters. The molecule has 2 aromatic heterocycles. The molecule has 2 unspecified atom stereocenters. The first-order chi connectivity index (χ1) is 13.9. The number of aliphatic hydroxyl groups excluding tert-OH is 1. The van der Waals surface area contributed by atoms with Crippen LogP contribution in [0.1, 0.15) is 37.4 Å². The van der Waals surface area contributed by atoms with Gasteiger partial charge in [-0.25, -0.2) is 9.97 Å². The molecule has 2 saturated heterocycles. The van der Waals surface area contributed by atoms with Gasteiger partial charge in [-0.3, -0.25) is 4.68 Å². The number of piperidine rings is 2. The molecular weight excluding hydrogens is 385 g/mol. The number of alkyl halides is 3. The molecule has 0 saturated carbocycles. The summed E-state index contributed by atoms with van der Waals surface area (Å²) in [7, 11) is 0. The number of rotatable bonds is 4. The van der Waals surface area contributed by atoms with E-state index in [0.29, 0.717) is 6.54 Å². The molecule has 158 valence electrons. The van der Waals surface area contributed by atoms with Crippen molar-refractivity contribution in [3.05, 3.63) is 30.4 Å². The fraction of sp³-hybridized carbons (Fsp3) is 0.632. The smallest absolute Gasteiger partial charge is 0.396 e. The summed E-state index contributed by atoms with van der Waals surface area (Å²) in [5, 5.41) is 13.2. The predicted octanol–water partition coefficient (Wildman–Crippen LogP) is 2.74. The summed E-state index contributed by atoms with van der Waals surface area (Å²) in [6.07, 6.45) is 2.17. The molecule has 2 aromatic rings. The zero-order valence-electron chi connectivity index (χ0n) is 16.1. The molecule has 1 N–H and O–H groups in total. The average Bonchev–Trinajstić information content (AvgIpc) is 3.25. The van der Waals surface area contributed by atoms with Gasteiger partial charge < -0.3 is 14.9 Å². The van der Waals surface area contributed by atoms with Crippen LogP contribution >= 0.6 is 0 Å². The van der Waals surface area contributed by atoms with Gasteiger partial charge in [0.1, 0.15) is 18.0 Å². The van der Waals surface area contributed by atoms with Crippen LogP contribution in [0.3, 0.4) is 0 Å². The van der Waals surface area contributed by atoms with Gasteiger partial charge in [0.15, 0.2) is 5.69 Å². The molecule has 29 heavy (non-hydrogen) atoms. The number of hydrogen-bond acceptors (Lipinski definition) is 6. The summed E-state index contributed by atoms with van der Waals surface area (Å²) in [4.78, 5) is 13.0. The first kappa shape index (κ1) is 19.9. The number of aromatic nitrogens is 4. The van der Waals surface area contributed by atoms with Gasteiger partial charge in [0.25, 0.3) is 0 Å². The molecule has 4 rings (SSSR count). The fourth-order valence-electron chi connectivity index (χ4n) is 4.18. The number of aliphatic hydroxyl groups is 1. The Bertz CT molecular complexity index is 826. The van der Waals surface area contributed by atoms with Crippen LogP contribution in [-0.4, -0.2) is 57.6 Å². The number of nitrogens with zero attached hydrogens (tertiary/aromatic N) is 6. The topological polar surface area (TPSA) is 70.3 Å². The van der Waals surface area contributed by atoms with Crippen molar-refractivity contribution in [1.29, 1.82) is 0 Å². The normalized spacial score (nSPS) is 23.4. The molecule has 0 spiro atoms. The second-order valence-electron chi connectivity index (χ2n) is 7.79. The van der Waals surface area contributed by atoms with Gasteiger partial charge in [-0.2, -0.15) is 18.3 Å². The lowest BCUT2D eigenvalue weighted by molar-refractivity contribution is -0.141. The molecule has 2 aliphatic rings. The largest absolute Gasteiger partial charge is 0.435 e. The molecule has 0 aliphatic carbocycles. The summed E-state index contributed by atoms with van der Waals surface area (Å²) in [5.41, 5.74) is -0.859. The highest BCUT2D eigenvalue weighted by Crippen LogP contribution is 2.31. The Morgan fingerprint density at radius 1 is 1.03 bits per heavy atom. The SMILES string of the molecule is OCC1CCCN(c2cc(N3CCCC(n4ccc(C(F)(F)F)n4)C3)ncn2)C1. The molecule has 0 aromatic carbocycles. The Morgan fingerprint density at radius 3 is 2.38 bits per heavy atom. The average molecular weight is 410 g/mol. The first-order valence-corrected chi connectivity index (χ1v) is 9.99. The van der Waals surface area contributed by atoms with E-state index in [1.807, 2.05) is 6.07 Å². The third-order valence-electron chi connectivity index (χ3n) is 5.73. The van der Waals surface area contributed by atoms with E-state index in [1.165, 1.54) is 17.2 Å². The standard InChI is InChI=1S/C19H25F3N6O/c20-19(21,22)16-5-8-28(25-16)15-4-2-7-27(11-15)18-9-17(23-13-24-18)26-6-1-3-14(10-26)12-29/h5,8-9,13-15,29H,1-4,6-7,10-12H2. The molecule has 0 radical (unpaired) electrons. The quantitative estimate of drug-likeness (QED) is 0.836. The molecule has 2 aliphatic heterocycles. The Kier molecular flexibility index (Phi) is 5.62. The van der Waals surface area contributed by atoms with Crippen molar-refractivity contribution in [1.82, 2.24) is 19.7 Å². The fourth-order valence-corrected chi connectivity index (χ4v) is 4.18. The van der Waals surface area contributed by atoms with Gasteiger partial charge in [0, 0.05) is 45.0 Å². The van der Waals surface area contributed by atoms with Crippen molar-refractivity contribution < 1.29 is 18.3 Å². The second-order valence-corrected chi connectivity index (χ2v) is 7.79. The maximum absolute atomic E-state index is 12.9. The maximum atomic E-state index is 12.9. The Morgan fingerprint density at radius 2 is 1.72 bits per heavy atom. The maximum Gasteiger partial charge on any atom is 0.435 e. The second kappa shape index (κ2) is 8.17. The van der Waals surface area contributed by atoms with E-state index in [-0.39, 0.29) is 18.6 Å². The van der Waals surface area contributed by atoms with E-state index in [9.17, 15) is 18.3 Å². The Balaban J connectivity index is 1.48. The zero-order chi connectivity index (χ0) is 20.4. The lowest BCUT2D eigenvalue weighted by atomic mass is 9.99. The van der Waals surface area contributed by atoms with Crippen molar-refractivity contribution >= 4 is 11.6 Å².